The van der Waals surface area contributed by atoms with E-state index in [0.717, 1.165) is 25.7 Å². The molecule has 0 unspecified atom stereocenters. The number of aliphatic hydroxyl groups excluding tert-OH is 1. The second kappa shape index (κ2) is 20.1. The van der Waals surface area contributed by atoms with E-state index < -0.39 is 32.4 Å². The van der Waals surface area contributed by atoms with Gasteiger partial charge in [0.1, 0.15) is 0 Å². The number of guanidine groups is 2. The number of fused-ring (bicyclic) bond motifs is 2. The summed E-state index contributed by atoms with van der Waals surface area (Å²) in [5.41, 5.74) is 27.1. The lowest BCUT2D eigenvalue weighted by Gasteiger charge is -2.20. The number of nitrogens with zero attached hydrogens (tertiary/aromatic N) is 4. The Labute approximate surface area is 324 Å². The monoisotopic (exact) mass is 827 g/mol. The van der Waals surface area contributed by atoms with E-state index in [2.05, 4.69) is 36.3 Å². The molecule has 0 spiro atoms. The van der Waals surface area contributed by atoms with Crippen LogP contribution in [-0.2, 0) is 20.0 Å². The Morgan fingerprint density at radius 1 is 0.741 bits per heavy atom. The first-order valence-electron chi connectivity index (χ1n) is 16.9. The molecule has 0 saturated heterocycles. The molecule has 2 aromatic heterocycles. The lowest BCUT2D eigenvalue weighted by molar-refractivity contribution is -0.0639. The van der Waals surface area contributed by atoms with Gasteiger partial charge < -0.3 is 38.9 Å². The Kier molecular flexibility index (Phi) is 16.6. The molecule has 0 fully saturated rings. The number of hydrogen-bond donors (Lipinski definition) is 9. The Balaban J connectivity index is 0.000000291. The SMILES string of the molecule is CCCCC[C@@H](C)NS(=O)(=O)c1ccc2c(Cl)cnc(N=C(N)N)c2c1.NCCCC[C@H](NS(=O)(=O)c1ccc2c(Cl)cnc(N=C(N)N)c2c1)C(O)O. The van der Waals surface area contributed by atoms with E-state index in [1.54, 1.807) is 6.07 Å². The molecule has 4 aromatic rings. The minimum Gasteiger partial charge on any atom is -0.370 e. The third kappa shape index (κ3) is 12.6. The summed E-state index contributed by atoms with van der Waals surface area (Å²) in [6, 6.07) is 7.54. The number of rotatable bonds is 17. The van der Waals surface area contributed by atoms with Crippen molar-refractivity contribution in [3.8, 4) is 0 Å². The lowest BCUT2D eigenvalue weighted by atomic mass is 10.1. The smallest absolute Gasteiger partial charge is 0.241 e. The number of benzene rings is 2. The molecule has 0 aliphatic rings. The topological polar surface area (TPSA) is 313 Å². The van der Waals surface area contributed by atoms with Crippen molar-refractivity contribution in [2.24, 2.45) is 38.7 Å². The van der Waals surface area contributed by atoms with E-state index in [-0.39, 0.29) is 45.8 Å². The normalized spacial score (nSPS) is 13.0. The zero-order valence-corrected chi connectivity index (χ0v) is 32.9. The van der Waals surface area contributed by atoms with Crippen molar-refractivity contribution in [3.63, 3.8) is 0 Å². The van der Waals surface area contributed by atoms with Crippen molar-refractivity contribution in [2.45, 2.75) is 87.0 Å². The number of aromatic nitrogens is 2. The molecular weight excluding hydrogens is 781 g/mol. The highest BCUT2D eigenvalue weighted by atomic mass is 35.5. The Bertz CT molecular complexity index is 2180. The van der Waals surface area contributed by atoms with Gasteiger partial charge >= 0.3 is 0 Å². The molecule has 2 atom stereocenters. The number of unbranched alkanes of at least 4 members (excludes halogenated alkanes) is 3. The number of aliphatic imine (C=N–C) groups is 2. The highest BCUT2D eigenvalue weighted by molar-refractivity contribution is 7.89. The van der Waals surface area contributed by atoms with Crippen molar-refractivity contribution >= 4 is 88.3 Å². The third-order valence-corrected chi connectivity index (χ3v) is 11.6. The molecule has 0 radical (unpaired) electrons. The second-order valence-electron chi connectivity index (χ2n) is 12.3. The summed E-state index contributed by atoms with van der Waals surface area (Å²) in [5.74, 6) is -0.0847. The standard InChI is InChI=1S/C17H24ClN5O2S.C16H23ClN6O4S/c1-3-4-5-6-11(2)23-26(24,25)12-7-8-13-14(9-12)16(22-17(19)20)21-10-15(13)18;17-12-8-21-14(22-16(19)20)11-7-9(4-5-10(11)12)28(26,27)23-13(15(24)25)3-1-2-6-18/h7-11,23H,3-6H2,1-2H3,(H4,19,20,21,22);4-5,7-8,13,15,23-25H,1-3,6,18H2,(H4,19,20,21,22)/t11-;13-/m10/s1. The van der Waals surface area contributed by atoms with Crippen LogP contribution in [0.3, 0.4) is 0 Å². The van der Waals surface area contributed by atoms with E-state index >= 15 is 0 Å². The summed E-state index contributed by atoms with van der Waals surface area (Å²) < 4.78 is 55.9. The van der Waals surface area contributed by atoms with Crippen molar-refractivity contribution in [1.82, 2.24) is 19.4 Å². The van der Waals surface area contributed by atoms with Gasteiger partial charge in [-0.3, -0.25) is 0 Å². The fourth-order valence-corrected chi connectivity index (χ4v) is 8.27. The molecule has 0 amide bonds. The highest BCUT2D eigenvalue weighted by Crippen LogP contribution is 2.33. The van der Waals surface area contributed by atoms with Crippen LogP contribution >= 0.6 is 23.2 Å². The molecule has 0 bridgehead atoms. The molecule has 2 heterocycles. The Hall–Kier alpha value is -3.92. The second-order valence-corrected chi connectivity index (χ2v) is 16.5. The van der Waals surface area contributed by atoms with Gasteiger partial charge in [-0.05, 0) is 57.0 Å². The molecule has 2 aromatic carbocycles. The number of nitrogens with two attached hydrogens (primary N) is 5. The fraction of sp³-hybridized carbons (Fsp3) is 0.394. The largest absolute Gasteiger partial charge is 0.370 e. The van der Waals surface area contributed by atoms with Crippen LogP contribution in [-0.4, -0.2) is 73.9 Å². The number of pyridine rings is 2. The molecule has 54 heavy (non-hydrogen) atoms. The maximum absolute atomic E-state index is 12.7. The zero-order chi connectivity index (χ0) is 40.2. The van der Waals surface area contributed by atoms with Gasteiger partial charge in [-0.25, -0.2) is 36.2 Å². The average Bonchev–Trinajstić information content (AvgIpc) is 3.10. The average molecular weight is 829 g/mol. The number of hydrogen-bond acceptors (Lipinski definition) is 11. The van der Waals surface area contributed by atoms with Crippen LogP contribution in [0.5, 0.6) is 0 Å². The van der Waals surface area contributed by atoms with E-state index in [0.29, 0.717) is 51.0 Å². The van der Waals surface area contributed by atoms with Crippen molar-refractivity contribution in [2.75, 3.05) is 6.54 Å². The van der Waals surface area contributed by atoms with Crippen LogP contribution in [0.2, 0.25) is 10.0 Å². The molecule has 0 saturated carbocycles. The first-order chi connectivity index (χ1) is 25.4. The molecule has 4 rings (SSSR count). The summed E-state index contributed by atoms with van der Waals surface area (Å²) in [4.78, 5) is 15.9. The van der Waals surface area contributed by atoms with Gasteiger partial charge in [-0.1, -0.05) is 67.9 Å². The van der Waals surface area contributed by atoms with Crippen molar-refractivity contribution in [1.29, 1.82) is 0 Å². The van der Waals surface area contributed by atoms with Crippen LogP contribution < -0.4 is 38.1 Å². The number of halogens is 2. The molecule has 17 nitrogen and oxygen atoms in total. The maximum atomic E-state index is 12.7. The molecular formula is C33H47Cl2N11O6S2. The van der Waals surface area contributed by atoms with Gasteiger partial charge in [0, 0.05) is 40.0 Å². The zero-order valence-electron chi connectivity index (χ0n) is 29.8. The van der Waals surface area contributed by atoms with Gasteiger partial charge in [0.2, 0.25) is 20.0 Å². The summed E-state index contributed by atoms with van der Waals surface area (Å²) in [5, 5.41) is 21.6. The van der Waals surface area contributed by atoms with Crippen LogP contribution in [0.1, 0.15) is 58.8 Å². The summed E-state index contributed by atoms with van der Waals surface area (Å²) in [7, 11) is -7.75. The van der Waals surface area contributed by atoms with Gasteiger partial charge in [-0.2, -0.15) is 9.98 Å². The van der Waals surface area contributed by atoms with Crippen molar-refractivity contribution in [3.05, 3.63) is 58.8 Å². The summed E-state index contributed by atoms with van der Waals surface area (Å²) in [6.07, 6.45) is 6.23. The lowest BCUT2D eigenvalue weighted by Crippen LogP contribution is -2.43. The van der Waals surface area contributed by atoms with Gasteiger partial charge in [0.15, 0.2) is 29.8 Å². The Morgan fingerprint density at radius 2 is 1.20 bits per heavy atom. The van der Waals surface area contributed by atoms with Gasteiger partial charge in [0.25, 0.3) is 0 Å². The van der Waals surface area contributed by atoms with Crippen LogP contribution in [0.4, 0.5) is 11.6 Å². The predicted octanol–water partition coefficient (Wildman–Crippen LogP) is 2.92. The number of nitrogens with one attached hydrogen (secondary N) is 2. The van der Waals surface area contributed by atoms with Crippen LogP contribution in [0.25, 0.3) is 21.5 Å². The number of aliphatic hydroxyl groups is 2. The molecule has 14 N–H and O–H groups in total. The van der Waals surface area contributed by atoms with Gasteiger partial charge in [0.05, 0.1) is 25.9 Å². The molecule has 0 aliphatic carbocycles. The first-order valence-corrected chi connectivity index (χ1v) is 20.6. The third-order valence-electron chi connectivity index (χ3n) is 7.90. The number of sulfonamides is 2. The van der Waals surface area contributed by atoms with E-state index in [4.69, 9.17) is 51.9 Å². The minimum absolute atomic E-state index is 0.109. The van der Waals surface area contributed by atoms with Crippen LogP contribution in [0.15, 0.2) is 68.6 Å². The van der Waals surface area contributed by atoms with E-state index in [1.165, 1.54) is 42.7 Å². The van der Waals surface area contributed by atoms with Crippen molar-refractivity contribution < 1.29 is 27.0 Å². The fourth-order valence-electron chi connectivity index (χ4n) is 5.24. The predicted molar refractivity (Wildman–Crippen MR) is 214 cm³/mol. The Morgan fingerprint density at radius 3 is 1.63 bits per heavy atom. The highest BCUT2D eigenvalue weighted by Gasteiger charge is 2.25. The summed E-state index contributed by atoms with van der Waals surface area (Å²) >= 11 is 12.3. The maximum Gasteiger partial charge on any atom is 0.241 e. The summed E-state index contributed by atoms with van der Waals surface area (Å²) in [6.45, 7) is 4.39. The van der Waals surface area contributed by atoms with Crippen LogP contribution in [0, 0.1) is 0 Å². The van der Waals surface area contributed by atoms with E-state index in [9.17, 15) is 27.0 Å². The molecule has 21 heteroatoms. The quantitative estimate of drug-likeness (QED) is 0.0320. The van der Waals surface area contributed by atoms with E-state index in [1.807, 2.05) is 6.92 Å². The van der Waals surface area contributed by atoms with Gasteiger partial charge in [-0.15, -0.1) is 0 Å². The first kappa shape index (κ1) is 44.5. The minimum atomic E-state index is -4.07. The molecule has 0 aliphatic heterocycles. The molecule has 296 valence electrons.